The molecule has 1 N–H and O–H groups in total. The third-order valence-corrected chi connectivity index (χ3v) is 4.65. The topological polar surface area (TPSA) is 107 Å². The lowest BCUT2D eigenvalue weighted by Gasteiger charge is -2.14. The summed E-state index contributed by atoms with van der Waals surface area (Å²) in [5.74, 6) is -1.35. The highest BCUT2D eigenvalue weighted by molar-refractivity contribution is 5.90. The van der Waals surface area contributed by atoms with Gasteiger partial charge in [-0.25, -0.2) is 19.0 Å². The van der Waals surface area contributed by atoms with Crippen molar-refractivity contribution < 1.29 is 23.1 Å². The number of nitrogens with zero attached hydrogens (tertiary/aromatic N) is 3. The van der Waals surface area contributed by atoms with Gasteiger partial charge in [0.05, 0.1) is 18.8 Å². The highest BCUT2D eigenvalue weighted by Gasteiger charge is 2.32. The van der Waals surface area contributed by atoms with Crippen LogP contribution in [0.4, 0.5) is 14.9 Å². The lowest BCUT2D eigenvalue weighted by atomic mass is 10.1. The summed E-state index contributed by atoms with van der Waals surface area (Å²) in [7, 11) is 1.53. The minimum atomic E-state index is -0.610. The molecule has 29 heavy (non-hydrogen) atoms. The fraction of sp³-hybridized carbons (Fsp3) is 0.263. The van der Waals surface area contributed by atoms with Crippen LogP contribution < -0.4 is 16.0 Å². The molecule has 2 aromatic heterocycles. The minimum Gasteiger partial charge on any atom is -0.442 e. The monoisotopic (exact) mass is 400 g/mol. The second-order valence-electron chi connectivity index (χ2n) is 6.69. The molecule has 4 rings (SSSR count). The van der Waals surface area contributed by atoms with Gasteiger partial charge in [0.15, 0.2) is 11.2 Å². The Morgan fingerprint density at radius 1 is 1.34 bits per heavy atom. The zero-order chi connectivity index (χ0) is 20.7. The van der Waals surface area contributed by atoms with Crippen LogP contribution in [-0.2, 0) is 16.6 Å². The lowest BCUT2D eigenvalue weighted by Crippen LogP contribution is -2.33. The van der Waals surface area contributed by atoms with Crippen molar-refractivity contribution in [1.29, 1.82) is 0 Å². The highest BCUT2D eigenvalue weighted by atomic mass is 19.1. The zero-order valence-electron chi connectivity index (χ0n) is 15.6. The molecule has 1 saturated heterocycles. The summed E-state index contributed by atoms with van der Waals surface area (Å²) >= 11 is 0. The van der Waals surface area contributed by atoms with E-state index in [9.17, 15) is 18.8 Å². The molecular formula is C19H17FN4O5. The first-order valence-corrected chi connectivity index (χ1v) is 8.81. The third kappa shape index (κ3) is 3.44. The van der Waals surface area contributed by atoms with Gasteiger partial charge in [0.2, 0.25) is 5.91 Å². The van der Waals surface area contributed by atoms with E-state index in [1.807, 2.05) is 0 Å². The van der Waals surface area contributed by atoms with E-state index in [1.54, 1.807) is 6.07 Å². The summed E-state index contributed by atoms with van der Waals surface area (Å²) in [4.78, 5) is 40.2. The summed E-state index contributed by atoms with van der Waals surface area (Å²) in [5, 5.41) is 2.59. The van der Waals surface area contributed by atoms with Crippen LogP contribution >= 0.6 is 0 Å². The van der Waals surface area contributed by atoms with Crippen LogP contribution in [-0.4, -0.2) is 40.7 Å². The number of pyridine rings is 1. The van der Waals surface area contributed by atoms with Gasteiger partial charge in [0, 0.05) is 31.3 Å². The fourth-order valence-electron chi connectivity index (χ4n) is 3.16. The molecule has 1 aliphatic heterocycles. The Bertz CT molecular complexity index is 1190. The molecule has 0 bridgehead atoms. The average molecular weight is 400 g/mol. The van der Waals surface area contributed by atoms with Crippen molar-refractivity contribution in [2.75, 3.05) is 18.0 Å². The quantitative estimate of drug-likeness (QED) is 0.716. The zero-order valence-corrected chi connectivity index (χ0v) is 15.6. The largest absolute Gasteiger partial charge is 0.442 e. The number of halogens is 1. The summed E-state index contributed by atoms with van der Waals surface area (Å²) in [6.45, 7) is 1.75. The van der Waals surface area contributed by atoms with Gasteiger partial charge in [-0.3, -0.25) is 14.3 Å². The Kier molecular flexibility index (Phi) is 4.53. The standard InChI is InChI=1S/C19H17FN4O5/c1-10(25)21-8-13-9-24(19(27)28-13)12-3-4-14(15(20)6-12)11-5-16-17(22-7-11)23(2)18(26)29-16/h3-7,13H,8-9H2,1-2H3,(H,21,25)/t13-/m0/s1. The van der Waals surface area contributed by atoms with Gasteiger partial charge in [-0.05, 0) is 24.3 Å². The van der Waals surface area contributed by atoms with E-state index in [1.165, 1.54) is 47.8 Å². The molecule has 0 saturated carbocycles. The number of carbonyl (C=O) groups is 2. The molecule has 3 aromatic rings. The highest BCUT2D eigenvalue weighted by Crippen LogP contribution is 2.30. The maximum absolute atomic E-state index is 14.8. The minimum absolute atomic E-state index is 0.187. The molecule has 150 valence electrons. The number of oxazole rings is 1. The molecule has 1 aliphatic rings. The number of rotatable bonds is 4. The summed E-state index contributed by atoms with van der Waals surface area (Å²) in [6, 6.07) is 5.87. The number of cyclic esters (lactones) is 1. The summed E-state index contributed by atoms with van der Waals surface area (Å²) in [6.07, 6.45) is 0.326. The van der Waals surface area contributed by atoms with Crippen molar-refractivity contribution in [2.24, 2.45) is 7.05 Å². The van der Waals surface area contributed by atoms with E-state index in [-0.39, 0.29) is 30.1 Å². The van der Waals surface area contributed by atoms with Crippen molar-refractivity contribution >= 4 is 28.9 Å². The average Bonchev–Trinajstić information content (AvgIpc) is 3.19. The van der Waals surface area contributed by atoms with Crippen LogP contribution in [0.5, 0.6) is 0 Å². The molecule has 2 amide bonds. The Hall–Kier alpha value is -3.69. The Labute approximate surface area is 163 Å². The van der Waals surface area contributed by atoms with Gasteiger partial charge in [0.1, 0.15) is 11.9 Å². The molecule has 10 heteroatoms. The van der Waals surface area contributed by atoms with Gasteiger partial charge in [-0.15, -0.1) is 0 Å². The molecule has 1 fully saturated rings. The second kappa shape index (κ2) is 7.04. The number of benzene rings is 1. The van der Waals surface area contributed by atoms with E-state index >= 15 is 0 Å². The Balaban J connectivity index is 1.59. The molecule has 3 heterocycles. The number of aryl methyl sites for hydroxylation is 1. The number of anilines is 1. The number of hydrogen-bond donors (Lipinski definition) is 1. The van der Waals surface area contributed by atoms with Crippen molar-refractivity contribution in [3.63, 3.8) is 0 Å². The van der Waals surface area contributed by atoms with Gasteiger partial charge < -0.3 is 14.5 Å². The third-order valence-electron chi connectivity index (χ3n) is 4.65. The Morgan fingerprint density at radius 2 is 2.14 bits per heavy atom. The van der Waals surface area contributed by atoms with E-state index in [4.69, 9.17) is 9.15 Å². The SMILES string of the molecule is CC(=O)NC[C@H]1CN(c2ccc(-c3cnc4c(c3)oc(=O)n4C)c(F)c2)C(=O)O1. The van der Waals surface area contributed by atoms with Gasteiger partial charge in [-0.1, -0.05) is 0 Å². The first-order valence-electron chi connectivity index (χ1n) is 8.81. The number of ether oxygens (including phenoxy) is 1. The Morgan fingerprint density at radius 3 is 2.86 bits per heavy atom. The predicted octanol–water partition coefficient (Wildman–Crippen LogP) is 1.79. The van der Waals surface area contributed by atoms with Crippen molar-refractivity contribution in [3.8, 4) is 11.1 Å². The normalized spacial score (nSPS) is 16.3. The van der Waals surface area contributed by atoms with E-state index in [2.05, 4.69) is 10.3 Å². The predicted molar refractivity (Wildman–Crippen MR) is 101 cm³/mol. The maximum Gasteiger partial charge on any atom is 0.420 e. The first kappa shape index (κ1) is 18.7. The van der Waals surface area contributed by atoms with Gasteiger partial charge in [-0.2, -0.15) is 0 Å². The molecule has 1 atom stereocenters. The second-order valence-corrected chi connectivity index (χ2v) is 6.69. The number of fused-ring (bicyclic) bond motifs is 1. The summed E-state index contributed by atoms with van der Waals surface area (Å²) in [5.41, 5.74) is 1.63. The van der Waals surface area contributed by atoms with Crippen molar-refractivity contribution in [2.45, 2.75) is 13.0 Å². The van der Waals surface area contributed by atoms with Crippen LogP contribution in [0.3, 0.4) is 0 Å². The molecule has 0 unspecified atom stereocenters. The van der Waals surface area contributed by atoms with Crippen LogP contribution in [0.2, 0.25) is 0 Å². The maximum atomic E-state index is 14.8. The number of nitrogens with one attached hydrogen (secondary N) is 1. The molecule has 0 spiro atoms. The number of aromatic nitrogens is 2. The fourth-order valence-corrected chi connectivity index (χ4v) is 3.16. The van der Waals surface area contributed by atoms with Crippen LogP contribution in [0.1, 0.15) is 6.92 Å². The van der Waals surface area contributed by atoms with E-state index in [0.29, 0.717) is 16.9 Å². The van der Waals surface area contributed by atoms with Gasteiger partial charge in [0.25, 0.3) is 0 Å². The number of carbonyl (C=O) groups excluding carboxylic acids is 2. The molecule has 9 nitrogen and oxygen atoms in total. The lowest BCUT2D eigenvalue weighted by molar-refractivity contribution is -0.119. The molecular weight excluding hydrogens is 383 g/mol. The van der Waals surface area contributed by atoms with Crippen molar-refractivity contribution in [3.05, 3.63) is 46.8 Å². The van der Waals surface area contributed by atoms with Crippen LogP contribution in [0, 0.1) is 5.82 Å². The number of hydrogen-bond acceptors (Lipinski definition) is 6. The van der Waals surface area contributed by atoms with Gasteiger partial charge >= 0.3 is 11.8 Å². The van der Waals surface area contributed by atoms with E-state index < -0.39 is 23.8 Å². The molecule has 1 aromatic carbocycles. The van der Waals surface area contributed by atoms with Crippen LogP contribution in [0.15, 0.2) is 39.7 Å². The molecule has 0 aliphatic carbocycles. The first-order chi connectivity index (χ1) is 13.8. The van der Waals surface area contributed by atoms with Crippen molar-refractivity contribution in [1.82, 2.24) is 14.9 Å². The smallest absolute Gasteiger partial charge is 0.420 e. The molecule has 0 radical (unpaired) electrons. The van der Waals surface area contributed by atoms with E-state index in [0.717, 1.165) is 0 Å². The number of amides is 2. The van der Waals surface area contributed by atoms with Crippen LogP contribution in [0.25, 0.3) is 22.4 Å². The summed E-state index contributed by atoms with van der Waals surface area (Å²) < 4.78 is 26.3.